The predicted octanol–water partition coefficient (Wildman–Crippen LogP) is 1.64. The first-order valence-corrected chi connectivity index (χ1v) is 8.36. The molecule has 0 unspecified atom stereocenters. The Labute approximate surface area is 155 Å². The molecule has 11 nitrogen and oxygen atoms in total. The Hall–Kier alpha value is -3.21. The summed E-state index contributed by atoms with van der Waals surface area (Å²) in [5, 5.41) is 17.6. The zero-order valence-corrected chi connectivity index (χ0v) is 15.0. The maximum atomic E-state index is 12.5. The van der Waals surface area contributed by atoms with E-state index in [1.165, 1.54) is 19.2 Å². The number of aryl methyl sites for hydroxylation is 1. The first-order chi connectivity index (χ1) is 13.0. The van der Waals surface area contributed by atoms with Crippen LogP contribution in [-0.4, -0.2) is 64.2 Å². The lowest BCUT2D eigenvalue weighted by atomic mass is 10.2. The second-order valence-electron chi connectivity index (χ2n) is 6.07. The normalized spacial score (nSPS) is 14.8. The zero-order valence-electron chi connectivity index (χ0n) is 15.0. The maximum absolute atomic E-state index is 12.5. The average molecular weight is 376 g/mol. The number of benzene rings is 1. The van der Waals surface area contributed by atoms with Crippen LogP contribution in [0.15, 0.2) is 22.7 Å². The van der Waals surface area contributed by atoms with Gasteiger partial charge in [-0.05, 0) is 19.1 Å². The van der Waals surface area contributed by atoms with Crippen molar-refractivity contribution in [3.8, 4) is 5.75 Å². The van der Waals surface area contributed by atoms with Crippen molar-refractivity contribution < 1.29 is 19.0 Å². The summed E-state index contributed by atoms with van der Waals surface area (Å²) in [5.74, 6) is 1.48. The van der Waals surface area contributed by atoms with Crippen LogP contribution in [0.25, 0.3) is 0 Å². The van der Waals surface area contributed by atoms with Gasteiger partial charge in [-0.2, -0.15) is 4.98 Å². The van der Waals surface area contributed by atoms with Gasteiger partial charge in [-0.1, -0.05) is 5.16 Å². The Morgan fingerprint density at radius 1 is 1.37 bits per heavy atom. The molecule has 3 rings (SSSR count). The van der Waals surface area contributed by atoms with Crippen molar-refractivity contribution in [2.24, 2.45) is 0 Å². The third-order valence-electron chi connectivity index (χ3n) is 4.23. The van der Waals surface area contributed by atoms with E-state index in [1.54, 1.807) is 17.9 Å². The highest BCUT2D eigenvalue weighted by Crippen LogP contribution is 2.29. The van der Waals surface area contributed by atoms with Gasteiger partial charge in [0.25, 0.3) is 5.69 Å². The number of carbonyl (C=O) groups is 1. The topological polar surface area (TPSA) is 127 Å². The van der Waals surface area contributed by atoms with Crippen molar-refractivity contribution in [2.75, 3.05) is 38.6 Å². The number of urea groups is 1. The summed E-state index contributed by atoms with van der Waals surface area (Å²) in [4.78, 5) is 31.0. The minimum absolute atomic E-state index is 0.134. The van der Waals surface area contributed by atoms with Crippen molar-refractivity contribution in [1.29, 1.82) is 0 Å². The largest absolute Gasteiger partial charge is 0.496 e. The molecule has 1 N–H and O–H groups in total. The predicted molar refractivity (Wildman–Crippen MR) is 94.6 cm³/mol. The monoisotopic (exact) mass is 376 g/mol. The van der Waals surface area contributed by atoms with Crippen molar-refractivity contribution in [3.63, 3.8) is 0 Å². The fourth-order valence-corrected chi connectivity index (χ4v) is 2.79. The number of rotatable bonds is 5. The van der Waals surface area contributed by atoms with Gasteiger partial charge in [0.2, 0.25) is 5.89 Å². The van der Waals surface area contributed by atoms with Crippen LogP contribution in [0.2, 0.25) is 0 Å². The number of anilines is 1. The number of amides is 2. The first kappa shape index (κ1) is 18.6. The molecule has 0 radical (unpaired) electrons. The summed E-state index contributed by atoms with van der Waals surface area (Å²) < 4.78 is 10.1. The van der Waals surface area contributed by atoms with Crippen molar-refractivity contribution in [3.05, 3.63) is 40.0 Å². The van der Waals surface area contributed by atoms with Crippen LogP contribution in [0.1, 0.15) is 11.7 Å². The smallest absolute Gasteiger partial charge is 0.322 e. The molecular formula is C16H20N6O5. The molecule has 2 amide bonds. The van der Waals surface area contributed by atoms with Crippen molar-refractivity contribution >= 4 is 17.4 Å². The number of ether oxygens (including phenoxy) is 1. The van der Waals surface area contributed by atoms with Crippen molar-refractivity contribution in [1.82, 2.24) is 19.9 Å². The second kappa shape index (κ2) is 7.99. The number of nitro groups is 1. The average Bonchev–Trinajstić information content (AvgIpc) is 3.07. The van der Waals surface area contributed by atoms with E-state index in [0.717, 1.165) is 0 Å². The van der Waals surface area contributed by atoms with Crippen LogP contribution < -0.4 is 10.1 Å². The standard InChI is InChI=1S/C16H20N6O5/c1-11-17-15(27-19-11)10-20-5-7-21(8-6-20)16(23)18-13-4-3-12(26-2)9-14(13)22(24)25/h3-4,9H,5-8,10H2,1-2H3,(H,18,23). The number of nitrogens with zero attached hydrogens (tertiary/aromatic N) is 5. The van der Waals surface area contributed by atoms with Crippen LogP contribution >= 0.6 is 0 Å². The SMILES string of the molecule is COc1ccc(NC(=O)N2CCN(Cc3nc(C)no3)CC2)c([N+](=O)[O-])c1. The minimum atomic E-state index is -0.553. The van der Waals surface area contributed by atoms with Crippen LogP contribution in [0.3, 0.4) is 0 Å². The summed E-state index contributed by atoms with van der Waals surface area (Å²) in [6.45, 7) is 4.54. The van der Waals surface area contributed by atoms with Gasteiger partial charge in [0, 0.05) is 26.2 Å². The molecular weight excluding hydrogens is 356 g/mol. The van der Waals surface area contributed by atoms with Gasteiger partial charge in [0.1, 0.15) is 11.4 Å². The molecule has 1 aromatic carbocycles. The molecule has 0 atom stereocenters. The lowest BCUT2D eigenvalue weighted by Gasteiger charge is -2.33. The highest BCUT2D eigenvalue weighted by Gasteiger charge is 2.24. The van der Waals surface area contributed by atoms with E-state index in [0.29, 0.717) is 50.2 Å². The molecule has 144 valence electrons. The lowest BCUT2D eigenvalue weighted by Crippen LogP contribution is -2.49. The molecule has 0 bridgehead atoms. The molecule has 2 heterocycles. The van der Waals surface area contributed by atoms with Crippen LogP contribution in [-0.2, 0) is 6.54 Å². The Bertz CT molecular complexity index is 830. The van der Waals surface area contributed by atoms with Crippen LogP contribution in [0, 0.1) is 17.0 Å². The van der Waals surface area contributed by atoms with Gasteiger partial charge in [-0.15, -0.1) is 0 Å². The summed E-state index contributed by atoms with van der Waals surface area (Å²) >= 11 is 0. The third kappa shape index (κ3) is 4.50. The van der Waals surface area contributed by atoms with Gasteiger partial charge in [-0.25, -0.2) is 4.79 Å². The quantitative estimate of drug-likeness (QED) is 0.616. The lowest BCUT2D eigenvalue weighted by molar-refractivity contribution is -0.384. The van der Waals surface area contributed by atoms with E-state index in [4.69, 9.17) is 9.26 Å². The van der Waals surface area contributed by atoms with E-state index in [9.17, 15) is 14.9 Å². The third-order valence-corrected chi connectivity index (χ3v) is 4.23. The molecule has 1 fully saturated rings. The summed E-state index contributed by atoms with van der Waals surface area (Å²) in [7, 11) is 1.42. The van der Waals surface area contributed by atoms with Gasteiger partial charge < -0.3 is 19.5 Å². The fourth-order valence-electron chi connectivity index (χ4n) is 2.79. The molecule has 1 aromatic heterocycles. The Kier molecular flexibility index (Phi) is 5.50. The number of nitrogens with one attached hydrogen (secondary N) is 1. The van der Waals surface area contributed by atoms with Gasteiger partial charge in [0.15, 0.2) is 5.82 Å². The second-order valence-corrected chi connectivity index (χ2v) is 6.07. The summed E-state index contributed by atoms with van der Waals surface area (Å²) in [6, 6.07) is 3.92. The first-order valence-electron chi connectivity index (χ1n) is 8.36. The van der Waals surface area contributed by atoms with E-state index in [2.05, 4.69) is 20.4 Å². The molecule has 0 aliphatic carbocycles. The van der Waals surface area contributed by atoms with E-state index >= 15 is 0 Å². The molecule has 27 heavy (non-hydrogen) atoms. The van der Waals surface area contributed by atoms with Crippen molar-refractivity contribution in [2.45, 2.75) is 13.5 Å². The van der Waals surface area contributed by atoms with E-state index in [-0.39, 0.29) is 17.4 Å². The molecule has 1 aliphatic heterocycles. The van der Waals surface area contributed by atoms with Crippen LogP contribution in [0.5, 0.6) is 5.75 Å². The number of methoxy groups -OCH3 is 1. The number of nitro benzene ring substituents is 1. The Morgan fingerprint density at radius 2 is 2.11 bits per heavy atom. The molecule has 0 spiro atoms. The molecule has 2 aromatic rings. The Morgan fingerprint density at radius 3 is 2.70 bits per heavy atom. The number of hydrogen-bond donors (Lipinski definition) is 1. The van der Waals surface area contributed by atoms with Gasteiger partial charge in [0.05, 0.1) is 24.6 Å². The van der Waals surface area contributed by atoms with E-state index in [1.807, 2.05) is 0 Å². The minimum Gasteiger partial charge on any atom is -0.496 e. The van der Waals surface area contributed by atoms with Gasteiger partial charge in [-0.3, -0.25) is 15.0 Å². The molecule has 11 heteroatoms. The summed E-state index contributed by atoms with van der Waals surface area (Å²) in [6.07, 6.45) is 0. The number of piperazine rings is 1. The maximum Gasteiger partial charge on any atom is 0.322 e. The highest BCUT2D eigenvalue weighted by molar-refractivity contribution is 5.92. The number of carbonyl (C=O) groups excluding carboxylic acids is 1. The Balaban J connectivity index is 1.57. The fraction of sp³-hybridized carbons (Fsp3) is 0.438. The molecule has 0 saturated carbocycles. The molecule has 1 aliphatic rings. The number of hydrogen-bond acceptors (Lipinski definition) is 8. The zero-order chi connectivity index (χ0) is 19.4. The van der Waals surface area contributed by atoms with Gasteiger partial charge >= 0.3 is 6.03 Å². The molecule has 1 saturated heterocycles. The van der Waals surface area contributed by atoms with Crippen LogP contribution in [0.4, 0.5) is 16.2 Å². The van der Waals surface area contributed by atoms with E-state index < -0.39 is 4.92 Å². The number of aromatic nitrogens is 2. The summed E-state index contributed by atoms with van der Waals surface area (Å²) in [5.41, 5.74) is -0.0809. The highest BCUT2D eigenvalue weighted by atomic mass is 16.6.